The molecule has 0 saturated heterocycles. The first-order chi connectivity index (χ1) is 14.6. The van der Waals surface area contributed by atoms with Crippen molar-refractivity contribution < 1.29 is 14.3 Å². The Hall–Kier alpha value is -3.16. The SMILES string of the molecule is O=C(COc1ccc2ccccc2c1Br)Nc1cccc(NC(=O)c2cccs2)c1. The number of halogens is 1. The van der Waals surface area contributed by atoms with Crippen molar-refractivity contribution in [2.45, 2.75) is 0 Å². The topological polar surface area (TPSA) is 67.4 Å². The number of carbonyl (C=O) groups is 2. The Kier molecular flexibility index (Phi) is 6.11. The van der Waals surface area contributed by atoms with Gasteiger partial charge in [0.2, 0.25) is 0 Å². The second-order valence-electron chi connectivity index (χ2n) is 6.45. The predicted octanol–water partition coefficient (Wildman–Crippen LogP) is 5.93. The molecule has 0 bridgehead atoms. The van der Waals surface area contributed by atoms with Gasteiger partial charge in [0, 0.05) is 11.4 Å². The molecule has 3 aromatic carbocycles. The fourth-order valence-electron chi connectivity index (χ4n) is 2.94. The van der Waals surface area contributed by atoms with Gasteiger partial charge in [-0.05, 0) is 62.4 Å². The molecule has 1 heterocycles. The number of carbonyl (C=O) groups excluding carboxylic acids is 2. The fourth-order valence-corrected chi connectivity index (χ4v) is 4.17. The third-order valence-corrected chi connectivity index (χ3v) is 6.02. The van der Waals surface area contributed by atoms with Gasteiger partial charge in [-0.3, -0.25) is 9.59 Å². The van der Waals surface area contributed by atoms with Crippen molar-refractivity contribution in [3.05, 3.63) is 87.5 Å². The molecule has 0 radical (unpaired) electrons. The van der Waals surface area contributed by atoms with Gasteiger partial charge in [0.25, 0.3) is 11.8 Å². The largest absolute Gasteiger partial charge is 0.483 e. The molecule has 0 unspecified atom stereocenters. The van der Waals surface area contributed by atoms with Crippen LogP contribution < -0.4 is 15.4 Å². The van der Waals surface area contributed by atoms with Crippen LogP contribution >= 0.6 is 27.3 Å². The zero-order valence-electron chi connectivity index (χ0n) is 15.7. The summed E-state index contributed by atoms with van der Waals surface area (Å²) in [5.41, 5.74) is 1.18. The molecular formula is C23H17BrN2O3S. The molecule has 0 aliphatic heterocycles. The number of hydrogen-bond acceptors (Lipinski definition) is 4. The first-order valence-electron chi connectivity index (χ1n) is 9.15. The zero-order valence-corrected chi connectivity index (χ0v) is 18.1. The minimum Gasteiger partial charge on any atom is -0.483 e. The summed E-state index contributed by atoms with van der Waals surface area (Å²) in [6, 6.07) is 22.3. The Morgan fingerprint density at radius 2 is 1.70 bits per heavy atom. The maximum Gasteiger partial charge on any atom is 0.265 e. The minimum atomic E-state index is -0.295. The van der Waals surface area contributed by atoms with Crippen LogP contribution in [0.5, 0.6) is 5.75 Å². The summed E-state index contributed by atoms with van der Waals surface area (Å²) >= 11 is 4.92. The van der Waals surface area contributed by atoms with Crippen LogP contribution in [-0.4, -0.2) is 18.4 Å². The van der Waals surface area contributed by atoms with E-state index in [0.717, 1.165) is 15.2 Å². The number of thiophene rings is 1. The van der Waals surface area contributed by atoms with Crippen LogP contribution in [0.15, 0.2) is 82.6 Å². The molecule has 150 valence electrons. The van der Waals surface area contributed by atoms with Crippen molar-refractivity contribution in [3.63, 3.8) is 0 Å². The van der Waals surface area contributed by atoms with Crippen molar-refractivity contribution in [1.82, 2.24) is 0 Å². The van der Waals surface area contributed by atoms with E-state index in [0.29, 0.717) is 22.0 Å². The second kappa shape index (κ2) is 9.11. The van der Waals surface area contributed by atoms with E-state index < -0.39 is 0 Å². The quantitative estimate of drug-likeness (QED) is 0.359. The molecule has 0 saturated carbocycles. The molecule has 0 atom stereocenters. The Morgan fingerprint density at radius 1 is 0.900 bits per heavy atom. The standard InChI is InChI=1S/C23H17BrN2O3S/c24-22-18-8-2-1-5-15(18)10-11-19(22)29-14-21(27)25-16-6-3-7-17(13-16)26-23(28)20-9-4-12-30-20/h1-13H,14H2,(H,25,27)(H,26,28). The molecule has 5 nitrogen and oxygen atoms in total. The normalized spacial score (nSPS) is 10.6. The number of ether oxygens (including phenoxy) is 1. The summed E-state index contributed by atoms with van der Waals surface area (Å²) in [4.78, 5) is 25.1. The van der Waals surface area contributed by atoms with Crippen molar-refractivity contribution in [2.24, 2.45) is 0 Å². The van der Waals surface area contributed by atoms with Gasteiger partial charge in [0.05, 0.1) is 9.35 Å². The van der Waals surface area contributed by atoms with E-state index in [1.54, 1.807) is 30.3 Å². The molecular weight excluding hydrogens is 464 g/mol. The molecule has 0 fully saturated rings. The minimum absolute atomic E-state index is 0.136. The lowest BCUT2D eigenvalue weighted by atomic mass is 10.1. The lowest BCUT2D eigenvalue weighted by molar-refractivity contribution is -0.118. The number of hydrogen-bond donors (Lipinski definition) is 2. The van der Waals surface area contributed by atoms with Crippen LogP contribution in [0.2, 0.25) is 0 Å². The third kappa shape index (κ3) is 4.69. The number of amides is 2. The molecule has 2 N–H and O–H groups in total. The van der Waals surface area contributed by atoms with Gasteiger partial charge in [-0.1, -0.05) is 42.5 Å². The first kappa shape index (κ1) is 20.1. The Bertz CT molecular complexity index is 1210. The average molecular weight is 481 g/mol. The molecule has 30 heavy (non-hydrogen) atoms. The Labute approximate surface area is 185 Å². The molecule has 0 spiro atoms. The molecule has 7 heteroatoms. The summed E-state index contributed by atoms with van der Waals surface area (Å²) in [6.07, 6.45) is 0. The van der Waals surface area contributed by atoms with E-state index in [-0.39, 0.29) is 18.4 Å². The zero-order chi connectivity index (χ0) is 20.9. The van der Waals surface area contributed by atoms with Gasteiger partial charge in [0.15, 0.2) is 6.61 Å². The van der Waals surface area contributed by atoms with Crippen LogP contribution in [0, 0.1) is 0 Å². The summed E-state index contributed by atoms with van der Waals surface area (Å²) in [5, 5.41) is 9.56. The number of rotatable bonds is 6. The van der Waals surface area contributed by atoms with E-state index in [1.165, 1.54) is 11.3 Å². The van der Waals surface area contributed by atoms with E-state index >= 15 is 0 Å². The van der Waals surface area contributed by atoms with Gasteiger partial charge in [-0.2, -0.15) is 0 Å². The maximum atomic E-state index is 12.3. The van der Waals surface area contributed by atoms with E-state index in [4.69, 9.17) is 4.74 Å². The summed E-state index contributed by atoms with van der Waals surface area (Å²) in [7, 11) is 0. The molecule has 1 aromatic heterocycles. The van der Waals surface area contributed by atoms with Gasteiger partial charge >= 0.3 is 0 Å². The van der Waals surface area contributed by atoms with Crippen molar-refractivity contribution in [3.8, 4) is 5.75 Å². The van der Waals surface area contributed by atoms with E-state index in [9.17, 15) is 9.59 Å². The van der Waals surface area contributed by atoms with E-state index in [1.807, 2.05) is 47.8 Å². The monoisotopic (exact) mass is 480 g/mol. The van der Waals surface area contributed by atoms with Crippen LogP contribution in [0.4, 0.5) is 11.4 Å². The lowest BCUT2D eigenvalue weighted by Crippen LogP contribution is -2.20. The van der Waals surface area contributed by atoms with Crippen LogP contribution in [0.25, 0.3) is 10.8 Å². The lowest BCUT2D eigenvalue weighted by Gasteiger charge is -2.11. The van der Waals surface area contributed by atoms with E-state index in [2.05, 4.69) is 26.6 Å². The molecule has 4 aromatic rings. The smallest absolute Gasteiger partial charge is 0.265 e. The Morgan fingerprint density at radius 3 is 2.50 bits per heavy atom. The maximum absolute atomic E-state index is 12.3. The van der Waals surface area contributed by atoms with Crippen molar-refractivity contribution in [1.29, 1.82) is 0 Å². The fraction of sp³-hybridized carbons (Fsp3) is 0.0435. The summed E-state index contributed by atoms with van der Waals surface area (Å²) in [5.74, 6) is 0.121. The van der Waals surface area contributed by atoms with Crippen molar-refractivity contribution in [2.75, 3.05) is 17.2 Å². The van der Waals surface area contributed by atoms with Crippen LogP contribution in [0.3, 0.4) is 0 Å². The molecule has 0 aliphatic carbocycles. The average Bonchev–Trinajstić information content (AvgIpc) is 3.29. The highest BCUT2D eigenvalue weighted by molar-refractivity contribution is 9.10. The number of nitrogens with one attached hydrogen (secondary N) is 2. The highest BCUT2D eigenvalue weighted by Gasteiger charge is 2.10. The van der Waals surface area contributed by atoms with Gasteiger partial charge < -0.3 is 15.4 Å². The summed E-state index contributed by atoms with van der Waals surface area (Å²) in [6.45, 7) is -0.136. The van der Waals surface area contributed by atoms with Gasteiger partial charge in [-0.25, -0.2) is 0 Å². The van der Waals surface area contributed by atoms with Crippen molar-refractivity contribution >= 4 is 61.2 Å². The third-order valence-electron chi connectivity index (χ3n) is 4.34. The highest BCUT2D eigenvalue weighted by Crippen LogP contribution is 2.33. The first-order valence-corrected chi connectivity index (χ1v) is 10.8. The molecule has 0 aliphatic rings. The summed E-state index contributed by atoms with van der Waals surface area (Å²) < 4.78 is 6.51. The van der Waals surface area contributed by atoms with Gasteiger partial charge in [-0.15, -0.1) is 11.3 Å². The molecule has 4 rings (SSSR count). The van der Waals surface area contributed by atoms with Crippen LogP contribution in [-0.2, 0) is 4.79 Å². The number of anilines is 2. The second-order valence-corrected chi connectivity index (χ2v) is 8.19. The van der Waals surface area contributed by atoms with Gasteiger partial charge in [0.1, 0.15) is 5.75 Å². The predicted molar refractivity (Wildman–Crippen MR) is 124 cm³/mol. The number of benzene rings is 3. The number of fused-ring (bicyclic) bond motifs is 1. The molecule has 2 amide bonds. The Balaban J connectivity index is 1.37. The highest BCUT2D eigenvalue weighted by atomic mass is 79.9. The van der Waals surface area contributed by atoms with Crippen LogP contribution in [0.1, 0.15) is 9.67 Å².